The van der Waals surface area contributed by atoms with Crippen molar-refractivity contribution in [3.05, 3.63) is 93.7 Å². The van der Waals surface area contributed by atoms with Crippen LogP contribution in [0.4, 0.5) is 0 Å². The van der Waals surface area contributed by atoms with E-state index in [1.54, 1.807) is 6.07 Å². The molecule has 8 heteroatoms. The van der Waals surface area contributed by atoms with E-state index in [1.165, 1.54) is 11.3 Å². The highest BCUT2D eigenvalue weighted by Crippen LogP contribution is 2.36. The Morgan fingerprint density at radius 1 is 0.938 bits per heavy atom. The van der Waals surface area contributed by atoms with Crippen molar-refractivity contribution in [3.8, 4) is 0 Å². The number of aliphatic imine (C=N–C) groups is 1. The van der Waals surface area contributed by atoms with Crippen LogP contribution in [0.15, 0.2) is 77.8 Å². The van der Waals surface area contributed by atoms with E-state index in [0.29, 0.717) is 17.8 Å². The Morgan fingerprint density at radius 3 is 2.06 bits per heavy atom. The maximum Gasteiger partial charge on any atom is 0.326 e. The molecule has 1 heterocycles. The number of carbonyl (C=O) groups is 2. The molecule has 1 unspecified atom stereocenters. The lowest BCUT2D eigenvalue weighted by Crippen LogP contribution is -2.40. The number of rotatable bonds is 10. The molecule has 1 aromatic heterocycles. The van der Waals surface area contributed by atoms with Gasteiger partial charge in [0.15, 0.2) is 5.96 Å². The molecule has 2 aromatic carbocycles. The average molecular weight is 451 g/mol. The molecule has 0 bridgehead atoms. The smallest absolute Gasteiger partial charge is 0.326 e. The highest BCUT2D eigenvalue weighted by atomic mass is 32.1. The Labute approximate surface area is 190 Å². The number of carbonyl (C=O) groups excluding carboxylic acids is 1. The zero-order valence-electron chi connectivity index (χ0n) is 17.5. The predicted octanol–water partition coefficient (Wildman–Crippen LogP) is 3.16. The fourth-order valence-electron chi connectivity index (χ4n) is 3.43. The van der Waals surface area contributed by atoms with Crippen molar-refractivity contribution >= 4 is 29.2 Å². The third-order valence-corrected chi connectivity index (χ3v) is 6.10. The van der Waals surface area contributed by atoms with E-state index in [4.69, 9.17) is 11.5 Å². The monoisotopic (exact) mass is 450 g/mol. The number of nitrogens with zero attached hydrogens (tertiary/aromatic N) is 1. The van der Waals surface area contributed by atoms with Crippen LogP contribution < -0.4 is 16.8 Å². The molecule has 0 aliphatic heterocycles. The van der Waals surface area contributed by atoms with Crippen LogP contribution in [0.5, 0.6) is 0 Å². The first kappa shape index (κ1) is 23.0. The van der Waals surface area contributed by atoms with Crippen LogP contribution in [0.1, 0.15) is 44.4 Å². The number of hydrogen-bond donors (Lipinski definition) is 4. The van der Waals surface area contributed by atoms with Crippen molar-refractivity contribution in [2.45, 2.75) is 24.8 Å². The number of thiophene rings is 1. The third kappa shape index (κ3) is 6.18. The standard InChI is InChI=1S/C24H26N4O3S/c25-24(26)27-15-7-12-18(23(30)31)28-22(29)20-14-13-19(32-20)21(16-8-3-1-4-9-16)17-10-5-2-6-11-17/h1-6,8-11,13-14,18,21H,7,12,15H2,(H,28,29)(H,30,31)(H4,25,26,27). The topological polar surface area (TPSA) is 131 Å². The maximum absolute atomic E-state index is 12.8. The minimum Gasteiger partial charge on any atom is -0.480 e. The van der Waals surface area contributed by atoms with Gasteiger partial charge in [-0.3, -0.25) is 9.79 Å². The molecule has 0 saturated heterocycles. The van der Waals surface area contributed by atoms with Crippen molar-refractivity contribution in [1.29, 1.82) is 0 Å². The summed E-state index contributed by atoms with van der Waals surface area (Å²) >= 11 is 1.36. The number of aliphatic carboxylic acids is 1. The quantitative estimate of drug-likeness (QED) is 0.214. The zero-order valence-corrected chi connectivity index (χ0v) is 18.3. The number of carboxylic acid groups (broad SMARTS) is 1. The van der Waals surface area contributed by atoms with Crippen LogP contribution in [0, 0.1) is 0 Å². The summed E-state index contributed by atoms with van der Waals surface area (Å²) in [6, 6.07) is 22.8. The molecule has 0 radical (unpaired) electrons. The number of amides is 1. The van der Waals surface area contributed by atoms with Gasteiger partial charge in [-0.05, 0) is 36.1 Å². The lowest BCUT2D eigenvalue weighted by atomic mass is 9.90. The molecule has 1 atom stereocenters. The van der Waals surface area contributed by atoms with Crippen LogP contribution in [0.2, 0.25) is 0 Å². The Bertz CT molecular complexity index is 1020. The van der Waals surface area contributed by atoms with Gasteiger partial charge in [-0.2, -0.15) is 0 Å². The normalized spacial score (nSPS) is 11.7. The van der Waals surface area contributed by atoms with E-state index in [0.717, 1.165) is 16.0 Å². The van der Waals surface area contributed by atoms with Gasteiger partial charge in [0.1, 0.15) is 6.04 Å². The second-order valence-corrected chi connectivity index (χ2v) is 8.38. The summed E-state index contributed by atoms with van der Waals surface area (Å²) in [5.41, 5.74) is 12.8. The first-order chi connectivity index (χ1) is 15.5. The Kier molecular flexibility index (Phi) is 7.99. The van der Waals surface area contributed by atoms with Crippen molar-refractivity contribution in [1.82, 2.24) is 5.32 Å². The summed E-state index contributed by atoms with van der Waals surface area (Å²) in [4.78, 5) is 29.7. The van der Waals surface area contributed by atoms with Crippen molar-refractivity contribution in [2.24, 2.45) is 16.5 Å². The Morgan fingerprint density at radius 2 is 1.53 bits per heavy atom. The summed E-state index contributed by atoms with van der Waals surface area (Å²) in [5, 5.41) is 12.1. The highest BCUT2D eigenvalue weighted by molar-refractivity contribution is 7.14. The molecule has 0 fully saturated rings. The summed E-state index contributed by atoms with van der Waals surface area (Å²) in [6.07, 6.45) is 0.668. The van der Waals surface area contributed by atoms with E-state index < -0.39 is 17.9 Å². The SMILES string of the molecule is NC(N)=NCCCC(NC(=O)c1ccc(C(c2ccccc2)c2ccccc2)s1)C(=O)O. The molecule has 166 valence electrons. The van der Waals surface area contributed by atoms with Gasteiger partial charge in [0.2, 0.25) is 0 Å². The van der Waals surface area contributed by atoms with E-state index >= 15 is 0 Å². The molecule has 3 aromatic rings. The van der Waals surface area contributed by atoms with Gasteiger partial charge in [-0.15, -0.1) is 11.3 Å². The van der Waals surface area contributed by atoms with Gasteiger partial charge in [0, 0.05) is 17.3 Å². The van der Waals surface area contributed by atoms with Crippen molar-refractivity contribution < 1.29 is 14.7 Å². The largest absolute Gasteiger partial charge is 0.480 e. The Balaban J connectivity index is 1.77. The van der Waals surface area contributed by atoms with Crippen LogP contribution >= 0.6 is 11.3 Å². The summed E-state index contributed by atoms with van der Waals surface area (Å²) < 4.78 is 0. The van der Waals surface area contributed by atoms with Gasteiger partial charge in [0.25, 0.3) is 5.91 Å². The van der Waals surface area contributed by atoms with Gasteiger partial charge < -0.3 is 21.9 Å². The second-order valence-electron chi connectivity index (χ2n) is 7.27. The molecule has 0 aliphatic rings. The summed E-state index contributed by atoms with van der Waals surface area (Å²) in [5.74, 6) is -1.56. The third-order valence-electron chi connectivity index (χ3n) is 4.95. The van der Waals surface area contributed by atoms with Gasteiger partial charge in [-0.25, -0.2) is 4.79 Å². The number of nitrogens with one attached hydrogen (secondary N) is 1. The van der Waals surface area contributed by atoms with Crippen molar-refractivity contribution in [3.63, 3.8) is 0 Å². The number of hydrogen-bond acceptors (Lipinski definition) is 4. The number of carboxylic acids is 1. The molecule has 1 amide bonds. The minimum absolute atomic E-state index is 0.0150. The minimum atomic E-state index is -1.09. The van der Waals surface area contributed by atoms with Gasteiger partial charge >= 0.3 is 5.97 Å². The van der Waals surface area contributed by atoms with E-state index in [-0.39, 0.29) is 18.3 Å². The lowest BCUT2D eigenvalue weighted by Gasteiger charge is -2.17. The maximum atomic E-state index is 12.8. The van der Waals surface area contributed by atoms with Gasteiger partial charge in [-0.1, -0.05) is 60.7 Å². The first-order valence-corrected chi connectivity index (χ1v) is 11.1. The van der Waals surface area contributed by atoms with E-state index in [2.05, 4.69) is 34.6 Å². The van der Waals surface area contributed by atoms with Crippen molar-refractivity contribution in [2.75, 3.05) is 6.54 Å². The Hall–Kier alpha value is -3.65. The molecule has 0 aliphatic carbocycles. The van der Waals surface area contributed by atoms with Gasteiger partial charge in [0.05, 0.1) is 4.88 Å². The number of nitrogens with two attached hydrogens (primary N) is 2. The second kappa shape index (κ2) is 11.1. The highest BCUT2D eigenvalue weighted by Gasteiger charge is 2.23. The molecule has 7 nitrogen and oxygen atoms in total. The van der Waals surface area contributed by atoms with E-state index in [9.17, 15) is 14.7 Å². The molecular weight excluding hydrogens is 424 g/mol. The molecule has 0 saturated carbocycles. The van der Waals surface area contributed by atoms with Crippen LogP contribution in [0.3, 0.4) is 0 Å². The number of guanidine groups is 1. The first-order valence-electron chi connectivity index (χ1n) is 10.2. The average Bonchev–Trinajstić information content (AvgIpc) is 3.27. The fraction of sp³-hybridized carbons (Fsp3) is 0.208. The zero-order chi connectivity index (χ0) is 22.9. The molecule has 0 spiro atoms. The number of benzene rings is 2. The summed E-state index contributed by atoms with van der Waals surface area (Å²) in [7, 11) is 0. The predicted molar refractivity (Wildman–Crippen MR) is 127 cm³/mol. The molecule has 6 N–H and O–H groups in total. The van der Waals surface area contributed by atoms with Crippen LogP contribution in [-0.2, 0) is 4.79 Å². The fourth-order valence-corrected chi connectivity index (χ4v) is 4.50. The molecule has 3 rings (SSSR count). The van der Waals surface area contributed by atoms with Crippen LogP contribution in [0.25, 0.3) is 0 Å². The molecular formula is C24H26N4O3S. The summed E-state index contributed by atoms with van der Waals surface area (Å²) in [6.45, 7) is 0.307. The van der Waals surface area contributed by atoms with E-state index in [1.807, 2.05) is 42.5 Å². The lowest BCUT2D eigenvalue weighted by molar-refractivity contribution is -0.139. The van der Waals surface area contributed by atoms with Crippen LogP contribution in [-0.4, -0.2) is 35.5 Å². The molecule has 32 heavy (non-hydrogen) atoms.